The number of nitrogens with zero attached hydrogens (tertiary/aromatic N) is 1. The number of carbonyl (C=O) groups is 1. The Bertz CT molecular complexity index is 659. The Morgan fingerprint density at radius 2 is 1.84 bits per heavy atom. The zero-order valence-corrected chi connectivity index (χ0v) is 14.2. The van der Waals surface area contributed by atoms with Crippen molar-refractivity contribution in [3.8, 4) is 5.75 Å². The van der Waals surface area contributed by atoms with Crippen LogP contribution in [0.1, 0.15) is 15.9 Å². The molecule has 2 rings (SSSR count). The third-order valence-electron chi connectivity index (χ3n) is 3.62. The lowest BCUT2D eigenvalue weighted by atomic mass is 10.2. The van der Waals surface area contributed by atoms with Gasteiger partial charge in [0.1, 0.15) is 18.2 Å². The predicted octanol–water partition coefficient (Wildman–Crippen LogP) is 2.06. The molecule has 0 aliphatic carbocycles. The molecule has 2 aromatic carbocycles. The van der Waals surface area contributed by atoms with E-state index in [0.29, 0.717) is 24.5 Å². The van der Waals surface area contributed by atoms with E-state index < -0.39 is 0 Å². The normalized spacial score (nSPS) is 10.7. The molecule has 0 saturated heterocycles. The molecule has 1 amide bonds. The van der Waals surface area contributed by atoms with Gasteiger partial charge in [0.05, 0.1) is 6.61 Å². The maximum Gasteiger partial charge on any atom is 0.251 e. The number of aliphatic hydroxyl groups is 1. The van der Waals surface area contributed by atoms with Crippen LogP contribution in [0.4, 0.5) is 4.39 Å². The van der Waals surface area contributed by atoms with E-state index in [2.05, 4.69) is 10.2 Å². The molecule has 2 N–H and O–H groups in total. The van der Waals surface area contributed by atoms with Gasteiger partial charge in [0, 0.05) is 25.2 Å². The van der Waals surface area contributed by atoms with Crippen LogP contribution < -0.4 is 10.1 Å². The average molecular weight is 346 g/mol. The molecule has 0 fully saturated rings. The van der Waals surface area contributed by atoms with Crippen LogP contribution in [0.25, 0.3) is 0 Å². The van der Waals surface area contributed by atoms with E-state index in [1.54, 1.807) is 36.4 Å². The molecule has 0 bridgehead atoms. The van der Waals surface area contributed by atoms with Gasteiger partial charge in [-0.05, 0) is 49.0 Å². The van der Waals surface area contributed by atoms with Gasteiger partial charge in [-0.1, -0.05) is 12.1 Å². The molecule has 0 unspecified atom stereocenters. The first-order chi connectivity index (χ1) is 12.1. The second-order valence-electron chi connectivity index (χ2n) is 5.72. The van der Waals surface area contributed by atoms with Crippen molar-refractivity contribution in [2.45, 2.75) is 6.54 Å². The molecular formula is C19H23FN2O3. The minimum Gasteiger partial charge on any atom is -0.492 e. The third-order valence-corrected chi connectivity index (χ3v) is 3.62. The summed E-state index contributed by atoms with van der Waals surface area (Å²) < 4.78 is 18.6. The molecule has 0 heterocycles. The Morgan fingerprint density at radius 1 is 1.16 bits per heavy atom. The number of hydrogen-bond acceptors (Lipinski definition) is 4. The van der Waals surface area contributed by atoms with Crippen molar-refractivity contribution < 1.29 is 19.0 Å². The molecule has 0 spiro atoms. The molecule has 134 valence electrons. The van der Waals surface area contributed by atoms with Gasteiger partial charge in [0.15, 0.2) is 0 Å². The summed E-state index contributed by atoms with van der Waals surface area (Å²) in [5.41, 5.74) is 1.57. The van der Waals surface area contributed by atoms with Crippen LogP contribution in [0, 0.1) is 5.82 Å². The lowest BCUT2D eigenvalue weighted by molar-refractivity contribution is 0.0944. The second kappa shape index (κ2) is 9.76. The van der Waals surface area contributed by atoms with E-state index in [1.165, 1.54) is 12.1 Å². The number of rotatable bonds is 9. The highest BCUT2D eigenvalue weighted by Crippen LogP contribution is 2.12. The fourth-order valence-electron chi connectivity index (χ4n) is 2.27. The molecule has 0 radical (unpaired) electrons. The first kappa shape index (κ1) is 18.9. The maximum absolute atomic E-state index is 12.9. The quantitative estimate of drug-likeness (QED) is 0.730. The number of carbonyl (C=O) groups excluding carboxylic acids is 1. The van der Waals surface area contributed by atoms with Gasteiger partial charge in [-0.25, -0.2) is 4.39 Å². The third kappa shape index (κ3) is 6.52. The first-order valence-corrected chi connectivity index (χ1v) is 8.13. The zero-order valence-electron chi connectivity index (χ0n) is 14.2. The van der Waals surface area contributed by atoms with Crippen LogP contribution in [-0.2, 0) is 6.54 Å². The lowest BCUT2D eigenvalue weighted by Crippen LogP contribution is -2.26. The van der Waals surface area contributed by atoms with Crippen LogP contribution in [0.2, 0.25) is 0 Å². The molecule has 5 nitrogen and oxygen atoms in total. The van der Waals surface area contributed by atoms with Gasteiger partial charge in [-0.3, -0.25) is 9.69 Å². The van der Waals surface area contributed by atoms with Gasteiger partial charge in [-0.2, -0.15) is 0 Å². The molecule has 25 heavy (non-hydrogen) atoms. The summed E-state index contributed by atoms with van der Waals surface area (Å²) in [6, 6.07) is 13.3. The SMILES string of the molecule is CN(CCOc1ccc(C(=O)NCCO)cc1)Cc1ccc(F)cc1. The van der Waals surface area contributed by atoms with Crippen molar-refractivity contribution in [1.29, 1.82) is 0 Å². The molecule has 0 aliphatic rings. The van der Waals surface area contributed by atoms with Crippen LogP contribution in [0.5, 0.6) is 5.75 Å². The number of hydrogen-bond donors (Lipinski definition) is 2. The van der Waals surface area contributed by atoms with Crippen LogP contribution in [0.3, 0.4) is 0 Å². The highest BCUT2D eigenvalue weighted by Gasteiger charge is 2.05. The highest BCUT2D eigenvalue weighted by molar-refractivity contribution is 5.94. The molecule has 2 aromatic rings. The smallest absolute Gasteiger partial charge is 0.251 e. The Kier molecular flexibility index (Phi) is 7.37. The Morgan fingerprint density at radius 3 is 2.48 bits per heavy atom. The number of likely N-dealkylation sites (N-methyl/N-ethyl adjacent to an activating group) is 1. The highest BCUT2D eigenvalue weighted by atomic mass is 19.1. The Hall–Kier alpha value is -2.44. The number of nitrogens with one attached hydrogen (secondary N) is 1. The van der Waals surface area contributed by atoms with Crippen molar-refractivity contribution in [1.82, 2.24) is 10.2 Å². The molecule has 6 heteroatoms. The van der Waals surface area contributed by atoms with Crippen molar-refractivity contribution in [2.24, 2.45) is 0 Å². The maximum atomic E-state index is 12.9. The summed E-state index contributed by atoms with van der Waals surface area (Å²) >= 11 is 0. The number of benzene rings is 2. The van der Waals surface area contributed by atoms with E-state index in [-0.39, 0.29) is 24.9 Å². The Labute approximate surface area is 147 Å². The van der Waals surface area contributed by atoms with Gasteiger partial charge < -0.3 is 15.2 Å². The minimum atomic E-state index is -0.233. The number of halogens is 1. The van der Waals surface area contributed by atoms with Crippen molar-refractivity contribution >= 4 is 5.91 Å². The molecule has 0 aliphatic heterocycles. The van der Waals surface area contributed by atoms with Crippen LogP contribution >= 0.6 is 0 Å². The van der Waals surface area contributed by atoms with E-state index in [0.717, 1.165) is 12.1 Å². The Balaban J connectivity index is 1.73. The standard InChI is InChI=1S/C19H23FN2O3/c1-22(14-15-2-6-17(20)7-3-15)11-13-25-18-8-4-16(5-9-18)19(24)21-10-12-23/h2-9,23H,10-14H2,1H3,(H,21,24). The fourth-order valence-corrected chi connectivity index (χ4v) is 2.27. The summed E-state index contributed by atoms with van der Waals surface area (Å²) in [7, 11) is 1.97. The van der Waals surface area contributed by atoms with Crippen molar-refractivity contribution in [3.63, 3.8) is 0 Å². The van der Waals surface area contributed by atoms with Crippen LogP contribution in [0.15, 0.2) is 48.5 Å². The average Bonchev–Trinajstić information content (AvgIpc) is 2.62. The summed E-state index contributed by atoms with van der Waals surface area (Å²) in [6.45, 7) is 2.09. The van der Waals surface area contributed by atoms with Crippen LogP contribution in [-0.4, -0.2) is 49.3 Å². The van der Waals surface area contributed by atoms with Crippen molar-refractivity contribution in [3.05, 3.63) is 65.5 Å². The topological polar surface area (TPSA) is 61.8 Å². The van der Waals surface area contributed by atoms with E-state index in [4.69, 9.17) is 9.84 Å². The van der Waals surface area contributed by atoms with Crippen molar-refractivity contribution in [2.75, 3.05) is 33.4 Å². The predicted molar refractivity (Wildman–Crippen MR) is 94.1 cm³/mol. The molecule has 0 saturated carbocycles. The summed E-state index contributed by atoms with van der Waals surface area (Å²) in [6.07, 6.45) is 0. The fraction of sp³-hybridized carbons (Fsp3) is 0.316. The number of aliphatic hydroxyl groups excluding tert-OH is 1. The summed E-state index contributed by atoms with van der Waals surface area (Å²) in [5, 5.41) is 11.3. The van der Waals surface area contributed by atoms with Gasteiger partial charge in [0.2, 0.25) is 0 Å². The first-order valence-electron chi connectivity index (χ1n) is 8.13. The van der Waals surface area contributed by atoms with E-state index in [1.807, 2.05) is 7.05 Å². The molecular weight excluding hydrogens is 323 g/mol. The largest absolute Gasteiger partial charge is 0.492 e. The minimum absolute atomic E-state index is 0.0849. The number of amides is 1. The second-order valence-corrected chi connectivity index (χ2v) is 5.72. The monoisotopic (exact) mass is 346 g/mol. The summed E-state index contributed by atoms with van der Waals surface area (Å²) in [5.74, 6) is 0.233. The van der Waals surface area contributed by atoms with E-state index >= 15 is 0 Å². The molecule has 0 atom stereocenters. The van der Waals surface area contributed by atoms with Gasteiger partial charge >= 0.3 is 0 Å². The lowest BCUT2D eigenvalue weighted by Gasteiger charge is -2.17. The van der Waals surface area contributed by atoms with Gasteiger partial charge in [-0.15, -0.1) is 0 Å². The molecule has 0 aromatic heterocycles. The number of ether oxygens (including phenoxy) is 1. The summed E-state index contributed by atoms with van der Waals surface area (Å²) in [4.78, 5) is 13.8. The zero-order chi connectivity index (χ0) is 18.1. The van der Waals surface area contributed by atoms with Gasteiger partial charge in [0.25, 0.3) is 5.91 Å². The van der Waals surface area contributed by atoms with E-state index in [9.17, 15) is 9.18 Å².